The highest BCUT2D eigenvalue weighted by atomic mass is 16.6. The molecule has 0 bridgehead atoms. The molecule has 1 aliphatic rings. The van der Waals surface area contributed by atoms with Gasteiger partial charge in [-0.2, -0.15) is 0 Å². The zero-order valence-electron chi connectivity index (χ0n) is 13.4. The number of hydrogen-bond acceptors (Lipinski definition) is 4. The summed E-state index contributed by atoms with van der Waals surface area (Å²) in [4.78, 5) is 16.4. The molecule has 1 heterocycles. The van der Waals surface area contributed by atoms with Crippen molar-refractivity contribution in [3.05, 3.63) is 35.9 Å². The molecule has 1 aliphatic heterocycles. The van der Waals surface area contributed by atoms with Crippen LogP contribution in [-0.2, 0) is 11.3 Å². The maximum Gasteiger partial charge on any atom is 0.410 e. The van der Waals surface area contributed by atoms with Crippen LogP contribution in [0.1, 0.15) is 18.9 Å². The van der Waals surface area contributed by atoms with E-state index < -0.39 is 0 Å². The van der Waals surface area contributed by atoms with Crippen LogP contribution < -0.4 is 5.73 Å². The predicted octanol–water partition coefficient (Wildman–Crippen LogP) is 1.93. The van der Waals surface area contributed by atoms with Crippen molar-refractivity contribution in [3.63, 3.8) is 0 Å². The van der Waals surface area contributed by atoms with Gasteiger partial charge in [0.1, 0.15) is 6.61 Å². The first-order valence-corrected chi connectivity index (χ1v) is 8.11. The van der Waals surface area contributed by atoms with E-state index in [0.717, 1.165) is 38.2 Å². The maximum atomic E-state index is 12.2. The minimum absolute atomic E-state index is 0.219. The molecular weight excluding hydrogens is 278 g/mol. The van der Waals surface area contributed by atoms with Gasteiger partial charge in [0, 0.05) is 32.7 Å². The Bertz CT molecular complexity index is 452. The number of nitrogens with two attached hydrogens (primary N) is 1. The topological polar surface area (TPSA) is 58.8 Å². The van der Waals surface area contributed by atoms with Gasteiger partial charge in [-0.05, 0) is 31.4 Å². The Hall–Kier alpha value is -1.59. The van der Waals surface area contributed by atoms with Crippen molar-refractivity contribution in [1.29, 1.82) is 0 Å². The van der Waals surface area contributed by atoms with E-state index in [0.29, 0.717) is 25.6 Å². The third-order valence-electron chi connectivity index (χ3n) is 4.14. The summed E-state index contributed by atoms with van der Waals surface area (Å²) in [5, 5.41) is 0. The van der Waals surface area contributed by atoms with Crippen molar-refractivity contribution in [2.45, 2.75) is 20.0 Å². The van der Waals surface area contributed by atoms with Gasteiger partial charge >= 0.3 is 6.09 Å². The first-order valence-electron chi connectivity index (χ1n) is 8.11. The number of carbonyl (C=O) groups excluding carboxylic acids is 1. The van der Waals surface area contributed by atoms with Crippen LogP contribution in [0.2, 0.25) is 0 Å². The molecule has 1 unspecified atom stereocenters. The number of rotatable bonds is 7. The zero-order valence-corrected chi connectivity index (χ0v) is 13.4. The molecule has 2 rings (SSSR count). The molecule has 1 aromatic carbocycles. The Morgan fingerprint density at radius 2 is 2.18 bits per heavy atom. The first kappa shape index (κ1) is 16.8. The second-order valence-corrected chi connectivity index (χ2v) is 5.82. The van der Waals surface area contributed by atoms with Gasteiger partial charge in [0.2, 0.25) is 0 Å². The van der Waals surface area contributed by atoms with Crippen molar-refractivity contribution < 1.29 is 9.53 Å². The summed E-state index contributed by atoms with van der Waals surface area (Å²) in [7, 11) is 0. The Labute approximate surface area is 133 Å². The molecule has 122 valence electrons. The van der Waals surface area contributed by atoms with Gasteiger partial charge < -0.3 is 20.3 Å². The fourth-order valence-corrected chi connectivity index (χ4v) is 2.90. The SMILES string of the molecule is CCN(CC1CCN(CCN)C1)C(=O)OCc1ccccc1. The van der Waals surface area contributed by atoms with Crippen LogP contribution in [0, 0.1) is 5.92 Å². The molecule has 22 heavy (non-hydrogen) atoms. The fourth-order valence-electron chi connectivity index (χ4n) is 2.90. The molecule has 1 fully saturated rings. The van der Waals surface area contributed by atoms with Gasteiger partial charge in [-0.1, -0.05) is 30.3 Å². The van der Waals surface area contributed by atoms with Gasteiger partial charge in [-0.15, -0.1) is 0 Å². The molecule has 0 radical (unpaired) electrons. The van der Waals surface area contributed by atoms with Crippen LogP contribution in [0.4, 0.5) is 4.79 Å². The largest absolute Gasteiger partial charge is 0.445 e. The van der Waals surface area contributed by atoms with E-state index in [1.165, 1.54) is 0 Å². The lowest BCUT2D eigenvalue weighted by Gasteiger charge is -2.24. The van der Waals surface area contributed by atoms with Crippen molar-refractivity contribution in [2.75, 3.05) is 39.3 Å². The summed E-state index contributed by atoms with van der Waals surface area (Å²) >= 11 is 0. The standard InChI is InChI=1S/C17H27N3O2/c1-2-20(13-16-8-10-19(12-16)11-9-18)17(21)22-14-15-6-4-3-5-7-15/h3-7,16H,2,8-14,18H2,1H3. The molecule has 0 aliphatic carbocycles. The molecule has 1 saturated heterocycles. The van der Waals surface area contributed by atoms with E-state index >= 15 is 0 Å². The third kappa shape index (κ3) is 5.00. The van der Waals surface area contributed by atoms with E-state index in [-0.39, 0.29) is 6.09 Å². The second-order valence-electron chi connectivity index (χ2n) is 5.82. The van der Waals surface area contributed by atoms with Crippen molar-refractivity contribution >= 4 is 6.09 Å². The summed E-state index contributed by atoms with van der Waals surface area (Å²) in [5.74, 6) is 0.524. The summed E-state index contributed by atoms with van der Waals surface area (Å²) in [5.41, 5.74) is 6.61. The summed E-state index contributed by atoms with van der Waals surface area (Å²) in [6.45, 7) is 7.53. The highest BCUT2D eigenvalue weighted by molar-refractivity contribution is 5.67. The quantitative estimate of drug-likeness (QED) is 0.836. The number of carbonyl (C=O) groups is 1. The molecule has 1 aromatic rings. The molecule has 0 saturated carbocycles. The molecule has 1 atom stereocenters. The minimum Gasteiger partial charge on any atom is -0.445 e. The van der Waals surface area contributed by atoms with Gasteiger partial charge in [-0.3, -0.25) is 0 Å². The first-order chi connectivity index (χ1) is 10.7. The smallest absolute Gasteiger partial charge is 0.410 e. The van der Waals surface area contributed by atoms with Crippen LogP contribution in [0.25, 0.3) is 0 Å². The number of hydrogen-bond donors (Lipinski definition) is 1. The summed E-state index contributed by atoms with van der Waals surface area (Å²) in [6.07, 6.45) is 0.909. The fraction of sp³-hybridized carbons (Fsp3) is 0.588. The lowest BCUT2D eigenvalue weighted by atomic mass is 10.1. The van der Waals surface area contributed by atoms with E-state index in [9.17, 15) is 4.79 Å². The highest BCUT2D eigenvalue weighted by Gasteiger charge is 2.25. The average molecular weight is 305 g/mol. The van der Waals surface area contributed by atoms with Crippen LogP contribution in [0.5, 0.6) is 0 Å². The lowest BCUT2D eigenvalue weighted by Crippen LogP contribution is -2.37. The Morgan fingerprint density at radius 3 is 2.86 bits per heavy atom. The minimum atomic E-state index is -0.219. The normalized spacial score (nSPS) is 18.4. The highest BCUT2D eigenvalue weighted by Crippen LogP contribution is 2.17. The molecule has 0 spiro atoms. The van der Waals surface area contributed by atoms with Gasteiger partial charge in [0.25, 0.3) is 0 Å². The molecular formula is C17H27N3O2. The van der Waals surface area contributed by atoms with Gasteiger partial charge in [-0.25, -0.2) is 4.79 Å². The molecule has 2 N–H and O–H groups in total. The van der Waals surface area contributed by atoms with Crippen LogP contribution in [0.3, 0.4) is 0 Å². The number of nitrogens with zero attached hydrogens (tertiary/aromatic N) is 2. The van der Waals surface area contributed by atoms with E-state index in [1.54, 1.807) is 4.90 Å². The summed E-state index contributed by atoms with van der Waals surface area (Å²) in [6, 6.07) is 9.78. The van der Waals surface area contributed by atoms with Crippen LogP contribution in [0.15, 0.2) is 30.3 Å². The Kier molecular flexibility index (Phi) is 6.68. The molecule has 5 heteroatoms. The molecule has 1 amide bonds. The van der Waals surface area contributed by atoms with Gasteiger partial charge in [0.05, 0.1) is 0 Å². The lowest BCUT2D eigenvalue weighted by molar-refractivity contribution is 0.0925. The Morgan fingerprint density at radius 1 is 1.41 bits per heavy atom. The monoisotopic (exact) mass is 305 g/mol. The third-order valence-corrected chi connectivity index (χ3v) is 4.14. The predicted molar refractivity (Wildman–Crippen MR) is 87.5 cm³/mol. The number of likely N-dealkylation sites (tertiary alicyclic amines) is 1. The van der Waals surface area contributed by atoms with E-state index in [2.05, 4.69) is 4.90 Å². The summed E-state index contributed by atoms with van der Waals surface area (Å²) < 4.78 is 5.42. The number of benzene rings is 1. The van der Waals surface area contributed by atoms with E-state index in [4.69, 9.17) is 10.5 Å². The zero-order chi connectivity index (χ0) is 15.8. The maximum absolute atomic E-state index is 12.2. The van der Waals surface area contributed by atoms with Crippen molar-refractivity contribution in [1.82, 2.24) is 9.80 Å². The number of ether oxygens (including phenoxy) is 1. The van der Waals surface area contributed by atoms with Gasteiger partial charge in [0.15, 0.2) is 0 Å². The average Bonchev–Trinajstić information content (AvgIpc) is 2.99. The second kappa shape index (κ2) is 8.76. The molecule has 5 nitrogen and oxygen atoms in total. The number of amides is 1. The van der Waals surface area contributed by atoms with Crippen LogP contribution in [-0.4, -0.2) is 55.2 Å². The Balaban J connectivity index is 1.77. The van der Waals surface area contributed by atoms with Crippen molar-refractivity contribution in [2.24, 2.45) is 11.7 Å². The van der Waals surface area contributed by atoms with Crippen LogP contribution >= 0.6 is 0 Å². The van der Waals surface area contributed by atoms with Crippen molar-refractivity contribution in [3.8, 4) is 0 Å². The molecule has 0 aromatic heterocycles. The van der Waals surface area contributed by atoms with E-state index in [1.807, 2.05) is 37.3 Å².